The summed E-state index contributed by atoms with van der Waals surface area (Å²) in [5.74, 6) is 0. The molecule has 2 aromatic rings. The van der Waals surface area contributed by atoms with E-state index >= 15 is 0 Å². The second kappa shape index (κ2) is 2.69. The lowest BCUT2D eigenvalue weighted by Crippen LogP contribution is -1.66. The Morgan fingerprint density at radius 3 is 3.00 bits per heavy atom. The average Bonchev–Trinajstić information content (AvgIpc) is 2.31. The maximum atomic E-state index is 5.01. The molecule has 0 aliphatic rings. The van der Waals surface area contributed by atoms with Crippen molar-refractivity contribution < 1.29 is 0 Å². The van der Waals surface area contributed by atoms with E-state index in [9.17, 15) is 0 Å². The molecule has 56 valence electrons. The highest BCUT2D eigenvalue weighted by Crippen LogP contribution is 2.27. The molecule has 0 fully saturated rings. The Bertz CT molecular complexity index is 443. The number of thiazole rings is 1. The minimum Gasteiger partial charge on any atom is -0.337 e. The summed E-state index contributed by atoms with van der Waals surface area (Å²) in [6, 6.07) is 6.03. The Kier molecular flexibility index (Phi) is 1.83. The SMILES string of the molecule is S=c1[nH]c2cccc(Br)c2s1. The first kappa shape index (κ1) is 7.46. The molecular formula is C7H4BrNS2. The third-order valence-electron chi connectivity index (χ3n) is 1.40. The molecule has 0 spiro atoms. The number of aromatic amines is 1. The average molecular weight is 246 g/mol. The maximum absolute atomic E-state index is 5.01. The molecule has 0 unspecified atom stereocenters. The van der Waals surface area contributed by atoms with Crippen LogP contribution in [0.4, 0.5) is 0 Å². The first-order chi connectivity index (χ1) is 5.27. The van der Waals surface area contributed by atoms with Crippen molar-refractivity contribution >= 4 is 49.7 Å². The van der Waals surface area contributed by atoms with Crippen LogP contribution in [0, 0.1) is 3.95 Å². The quantitative estimate of drug-likeness (QED) is 0.700. The van der Waals surface area contributed by atoms with Gasteiger partial charge in [0.15, 0.2) is 3.95 Å². The van der Waals surface area contributed by atoms with Crippen molar-refractivity contribution in [3.8, 4) is 0 Å². The van der Waals surface area contributed by atoms with Gasteiger partial charge in [-0.15, -0.1) is 11.3 Å². The lowest BCUT2D eigenvalue weighted by Gasteiger charge is -1.88. The fourth-order valence-electron chi connectivity index (χ4n) is 0.939. The number of aromatic nitrogens is 1. The number of rotatable bonds is 0. The molecule has 11 heavy (non-hydrogen) atoms. The summed E-state index contributed by atoms with van der Waals surface area (Å²) < 4.78 is 3.12. The smallest absolute Gasteiger partial charge is 0.159 e. The number of hydrogen-bond donors (Lipinski definition) is 1. The van der Waals surface area contributed by atoms with Crippen molar-refractivity contribution in [3.63, 3.8) is 0 Å². The van der Waals surface area contributed by atoms with Crippen LogP contribution in [0.2, 0.25) is 0 Å². The Balaban J connectivity index is 3.01. The van der Waals surface area contributed by atoms with E-state index in [1.54, 1.807) is 11.3 Å². The number of fused-ring (bicyclic) bond motifs is 1. The van der Waals surface area contributed by atoms with Gasteiger partial charge in [0.25, 0.3) is 0 Å². The molecule has 1 nitrogen and oxygen atoms in total. The van der Waals surface area contributed by atoms with E-state index in [1.807, 2.05) is 18.2 Å². The van der Waals surface area contributed by atoms with Crippen molar-refractivity contribution in [2.75, 3.05) is 0 Å². The van der Waals surface area contributed by atoms with E-state index in [2.05, 4.69) is 20.9 Å². The summed E-state index contributed by atoms with van der Waals surface area (Å²) >= 11 is 10.1. The molecule has 1 N–H and O–H groups in total. The summed E-state index contributed by atoms with van der Waals surface area (Å²) in [5, 5.41) is 0. The predicted molar refractivity (Wildman–Crippen MR) is 54.7 cm³/mol. The summed E-state index contributed by atoms with van der Waals surface area (Å²) in [5.41, 5.74) is 1.11. The standard InChI is InChI=1S/C7H4BrNS2/c8-4-2-1-3-5-6(4)11-7(10)9-5/h1-3H,(H,9,10). The molecule has 0 atom stereocenters. The van der Waals surface area contributed by atoms with Gasteiger partial charge in [0.1, 0.15) is 0 Å². The molecule has 1 aromatic carbocycles. The van der Waals surface area contributed by atoms with Gasteiger partial charge < -0.3 is 4.98 Å². The molecular weight excluding hydrogens is 242 g/mol. The Labute approximate surface area is 81.2 Å². The van der Waals surface area contributed by atoms with Crippen LogP contribution in [0.1, 0.15) is 0 Å². The van der Waals surface area contributed by atoms with Gasteiger partial charge in [0.05, 0.1) is 10.2 Å². The topological polar surface area (TPSA) is 15.8 Å². The molecule has 2 rings (SSSR count). The number of hydrogen-bond acceptors (Lipinski definition) is 2. The van der Waals surface area contributed by atoms with Crippen LogP contribution < -0.4 is 0 Å². The van der Waals surface area contributed by atoms with Crippen LogP contribution in [0.25, 0.3) is 10.2 Å². The molecule has 1 heterocycles. The molecule has 4 heteroatoms. The van der Waals surface area contributed by atoms with E-state index in [0.29, 0.717) is 0 Å². The predicted octanol–water partition coefficient (Wildman–Crippen LogP) is 3.72. The fourth-order valence-corrected chi connectivity index (χ4v) is 2.65. The second-order valence-corrected chi connectivity index (χ2v) is 4.67. The van der Waals surface area contributed by atoms with Crippen molar-refractivity contribution in [2.24, 2.45) is 0 Å². The molecule has 0 bridgehead atoms. The number of H-pyrrole nitrogens is 1. The van der Waals surface area contributed by atoms with Crippen LogP contribution in [-0.2, 0) is 0 Å². The number of halogens is 1. The van der Waals surface area contributed by atoms with Crippen LogP contribution in [0.3, 0.4) is 0 Å². The molecule has 0 aliphatic heterocycles. The van der Waals surface area contributed by atoms with Crippen molar-refractivity contribution in [3.05, 3.63) is 26.6 Å². The van der Waals surface area contributed by atoms with E-state index in [-0.39, 0.29) is 0 Å². The normalized spacial score (nSPS) is 10.6. The highest BCUT2D eigenvalue weighted by Gasteiger charge is 1.98. The van der Waals surface area contributed by atoms with Crippen molar-refractivity contribution in [1.29, 1.82) is 0 Å². The van der Waals surface area contributed by atoms with Gasteiger partial charge in [0.2, 0.25) is 0 Å². The number of benzene rings is 1. The number of nitrogens with one attached hydrogen (secondary N) is 1. The van der Waals surface area contributed by atoms with Gasteiger partial charge in [0, 0.05) is 4.47 Å². The fraction of sp³-hybridized carbons (Fsp3) is 0. The van der Waals surface area contributed by atoms with Crippen molar-refractivity contribution in [2.45, 2.75) is 0 Å². The molecule has 0 radical (unpaired) electrons. The van der Waals surface area contributed by atoms with Gasteiger partial charge in [-0.3, -0.25) is 0 Å². The summed E-state index contributed by atoms with van der Waals surface area (Å²) in [6.07, 6.45) is 0. The second-order valence-electron chi connectivity index (χ2n) is 2.13. The third-order valence-corrected chi connectivity index (χ3v) is 3.61. The van der Waals surface area contributed by atoms with E-state index in [0.717, 1.165) is 13.9 Å². The first-order valence-electron chi connectivity index (χ1n) is 3.05. The molecule has 0 aliphatic carbocycles. The highest BCUT2D eigenvalue weighted by atomic mass is 79.9. The zero-order chi connectivity index (χ0) is 7.84. The van der Waals surface area contributed by atoms with Crippen LogP contribution >= 0.6 is 39.5 Å². The van der Waals surface area contributed by atoms with Crippen LogP contribution in [-0.4, -0.2) is 4.98 Å². The first-order valence-corrected chi connectivity index (χ1v) is 5.06. The van der Waals surface area contributed by atoms with Gasteiger partial charge in [-0.25, -0.2) is 0 Å². The summed E-state index contributed by atoms with van der Waals surface area (Å²) in [6.45, 7) is 0. The molecule has 1 aromatic heterocycles. The summed E-state index contributed by atoms with van der Waals surface area (Å²) in [4.78, 5) is 3.10. The van der Waals surface area contributed by atoms with E-state index in [4.69, 9.17) is 12.2 Å². The van der Waals surface area contributed by atoms with Gasteiger partial charge in [-0.1, -0.05) is 6.07 Å². The third kappa shape index (κ3) is 1.26. The molecule has 0 saturated heterocycles. The Morgan fingerprint density at radius 2 is 2.27 bits per heavy atom. The Hall–Kier alpha value is -0.190. The monoisotopic (exact) mass is 245 g/mol. The maximum Gasteiger partial charge on any atom is 0.159 e. The molecule has 0 amide bonds. The Morgan fingerprint density at radius 1 is 1.45 bits per heavy atom. The minimum absolute atomic E-state index is 0.826. The van der Waals surface area contributed by atoms with Gasteiger partial charge >= 0.3 is 0 Å². The van der Waals surface area contributed by atoms with E-state index < -0.39 is 0 Å². The highest BCUT2D eigenvalue weighted by molar-refractivity contribution is 9.10. The van der Waals surface area contributed by atoms with Crippen LogP contribution in [0.15, 0.2) is 22.7 Å². The summed E-state index contributed by atoms with van der Waals surface area (Å²) in [7, 11) is 0. The zero-order valence-corrected chi connectivity index (χ0v) is 8.65. The minimum atomic E-state index is 0.826. The lowest BCUT2D eigenvalue weighted by atomic mass is 10.3. The van der Waals surface area contributed by atoms with Crippen LogP contribution in [0.5, 0.6) is 0 Å². The van der Waals surface area contributed by atoms with Gasteiger partial charge in [-0.2, -0.15) is 0 Å². The lowest BCUT2D eigenvalue weighted by molar-refractivity contribution is 1.47. The zero-order valence-electron chi connectivity index (χ0n) is 5.43. The van der Waals surface area contributed by atoms with Crippen molar-refractivity contribution in [1.82, 2.24) is 4.98 Å². The van der Waals surface area contributed by atoms with E-state index in [1.165, 1.54) is 4.70 Å². The molecule has 0 saturated carbocycles. The largest absolute Gasteiger partial charge is 0.337 e. The van der Waals surface area contributed by atoms with Gasteiger partial charge in [-0.05, 0) is 40.3 Å².